The molecule has 1 aliphatic carbocycles. The van der Waals surface area contributed by atoms with Gasteiger partial charge >= 0.3 is 0 Å². The van der Waals surface area contributed by atoms with Gasteiger partial charge in [-0.1, -0.05) is 32.1 Å². The monoisotopic (exact) mass is 282 g/mol. The van der Waals surface area contributed by atoms with Gasteiger partial charge in [-0.15, -0.1) is 10.2 Å². The van der Waals surface area contributed by atoms with Gasteiger partial charge in [0, 0.05) is 12.0 Å². The Morgan fingerprint density at radius 3 is 2.68 bits per heavy atom. The second-order valence-electron chi connectivity index (χ2n) is 6.02. The Hall–Kier alpha value is -1.01. The van der Waals surface area contributed by atoms with Gasteiger partial charge in [0.1, 0.15) is 5.01 Å². The first kappa shape index (κ1) is 14.4. The van der Waals surface area contributed by atoms with Gasteiger partial charge < -0.3 is 11.1 Å². The number of nitrogens with one attached hydrogen (secondary N) is 1. The quantitative estimate of drug-likeness (QED) is 0.871. The van der Waals surface area contributed by atoms with E-state index in [9.17, 15) is 4.79 Å². The molecular weight excluding hydrogens is 260 g/mol. The number of aromatic nitrogens is 2. The fraction of sp³-hybridized carbons (Fsp3) is 0.769. The predicted octanol–water partition coefficient (Wildman–Crippen LogP) is 2.18. The van der Waals surface area contributed by atoms with Crippen LogP contribution in [0.4, 0.5) is 5.13 Å². The first-order valence-electron chi connectivity index (χ1n) is 6.69. The van der Waals surface area contributed by atoms with Crippen LogP contribution in [-0.2, 0) is 4.79 Å². The molecule has 1 heterocycles. The van der Waals surface area contributed by atoms with Crippen LogP contribution in [-0.4, -0.2) is 22.1 Å². The summed E-state index contributed by atoms with van der Waals surface area (Å²) < 4.78 is 0. The third-order valence-electron chi connectivity index (χ3n) is 4.58. The zero-order chi connectivity index (χ0) is 14.2. The zero-order valence-electron chi connectivity index (χ0n) is 11.9. The van der Waals surface area contributed by atoms with E-state index in [1.807, 2.05) is 6.92 Å². The second kappa shape index (κ2) is 5.17. The number of hydrogen-bond donors (Lipinski definition) is 2. The largest absolute Gasteiger partial charge is 0.327 e. The minimum Gasteiger partial charge on any atom is -0.327 e. The third kappa shape index (κ3) is 2.79. The number of anilines is 1. The highest BCUT2D eigenvalue weighted by Gasteiger charge is 2.45. The van der Waals surface area contributed by atoms with Crippen molar-refractivity contribution in [3.63, 3.8) is 0 Å². The van der Waals surface area contributed by atoms with Crippen LogP contribution < -0.4 is 11.1 Å². The van der Waals surface area contributed by atoms with Crippen LogP contribution in [0.1, 0.15) is 38.6 Å². The summed E-state index contributed by atoms with van der Waals surface area (Å²) in [6.45, 7) is 8.27. The highest BCUT2D eigenvalue weighted by atomic mass is 32.1. The number of carbonyl (C=O) groups excluding carboxylic acids is 1. The highest BCUT2D eigenvalue weighted by molar-refractivity contribution is 7.15. The molecule has 1 amide bonds. The molecule has 2 rings (SSSR count). The Kier molecular flexibility index (Phi) is 3.92. The minimum absolute atomic E-state index is 0.0218. The van der Waals surface area contributed by atoms with E-state index in [1.54, 1.807) is 0 Å². The standard InChI is InChI=1S/C13H22N4OS/c1-7-10(14)6-5-9(13(7,3)4)11(18)15-12-17-16-8(2)19-12/h7,9-10H,5-6,14H2,1-4H3,(H,15,17,18). The molecule has 0 bridgehead atoms. The van der Waals surface area contributed by atoms with Crippen molar-refractivity contribution in [3.8, 4) is 0 Å². The molecule has 1 aliphatic rings. The van der Waals surface area contributed by atoms with Crippen LogP contribution in [0.3, 0.4) is 0 Å². The van der Waals surface area contributed by atoms with Crippen molar-refractivity contribution in [1.82, 2.24) is 10.2 Å². The molecular formula is C13H22N4OS. The lowest BCUT2D eigenvalue weighted by Crippen LogP contribution is -2.50. The third-order valence-corrected chi connectivity index (χ3v) is 5.33. The molecule has 1 fully saturated rings. The number of amides is 1. The topological polar surface area (TPSA) is 80.9 Å². The minimum atomic E-state index is -0.0958. The van der Waals surface area contributed by atoms with Crippen LogP contribution in [0.5, 0.6) is 0 Å². The van der Waals surface area contributed by atoms with Crippen LogP contribution >= 0.6 is 11.3 Å². The molecule has 1 saturated carbocycles. The van der Waals surface area contributed by atoms with E-state index in [-0.39, 0.29) is 23.3 Å². The molecule has 0 radical (unpaired) electrons. The van der Waals surface area contributed by atoms with Crippen molar-refractivity contribution in [2.45, 2.75) is 46.6 Å². The number of rotatable bonds is 2. The van der Waals surface area contributed by atoms with Crippen molar-refractivity contribution in [1.29, 1.82) is 0 Å². The average Bonchev–Trinajstić information content (AvgIpc) is 2.71. The summed E-state index contributed by atoms with van der Waals surface area (Å²) in [5, 5.41) is 12.2. The van der Waals surface area contributed by atoms with Crippen molar-refractivity contribution in [3.05, 3.63) is 5.01 Å². The van der Waals surface area contributed by atoms with E-state index in [0.29, 0.717) is 11.0 Å². The molecule has 0 aliphatic heterocycles. The van der Waals surface area contributed by atoms with Gasteiger partial charge in [-0.05, 0) is 31.1 Å². The van der Waals surface area contributed by atoms with Crippen LogP contribution in [0.25, 0.3) is 0 Å². The van der Waals surface area contributed by atoms with E-state index >= 15 is 0 Å². The van der Waals surface area contributed by atoms with Crippen molar-refractivity contribution < 1.29 is 4.79 Å². The van der Waals surface area contributed by atoms with Gasteiger partial charge in [-0.2, -0.15) is 0 Å². The molecule has 1 aromatic rings. The van der Waals surface area contributed by atoms with Crippen LogP contribution in [0.15, 0.2) is 0 Å². The van der Waals surface area contributed by atoms with E-state index in [4.69, 9.17) is 5.73 Å². The molecule has 106 valence electrons. The van der Waals surface area contributed by atoms with Gasteiger partial charge in [0.15, 0.2) is 0 Å². The second-order valence-corrected chi connectivity index (χ2v) is 7.20. The summed E-state index contributed by atoms with van der Waals surface area (Å²) >= 11 is 1.40. The number of nitrogens with two attached hydrogens (primary N) is 1. The summed E-state index contributed by atoms with van der Waals surface area (Å²) in [4.78, 5) is 12.4. The Morgan fingerprint density at radius 1 is 1.42 bits per heavy atom. The fourth-order valence-corrected chi connectivity index (χ4v) is 3.45. The predicted molar refractivity (Wildman–Crippen MR) is 76.9 cm³/mol. The van der Waals surface area contributed by atoms with Gasteiger partial charge in [0.2, 0.25) is 11.0 Å². The summed E-state index contributed by atoms with van der Waals surface area (Å²) in [6, 6.07) is 0.183. The van der Waals surface area contributed by atoms with E-state index in [0.717, 1.165) is 17.8 Å². The number of aryl methyl sites for hydroxylation is 1. The molecule has 3 unspecified atom stereocenters. The molecule has 19 heavy (non-hydrogen) atoms. The maximum atomic E-state index is 12.4. The molecule has 0 aromatic carbocycles. The van der Waals surface area contributed by atoms with E-state index in [2.05, 4.69) is 36.3 Å². The Bertz CT molecular complexity index is 471. The number of hydrogen-bond acceptors (Lipinski definition) is 5. The molecule has 3 atom stereocenters. The van der Waals surface area contributed by atoms with E-state index in [1.165, 1.54) is 11.3 Å². The summed E-state index contributed by atoms with van der Waals surface area (Å²) in [5.74, 6) is 0.347. The van der Waals surface area contributed by atoms with Crippen LogP contribution in [0, 0.1) is 24.2 Å². The summed E-state index contributed by atoms with van der Waals surface area (Å²) in [6.07, 6.45) is 1.74. The molecule has 3 N–H and O–H groups in total. The first-order valence-corrected chi connectivity index (χ1v) is 7.50. The molecule has 0 saturated heterocycles. The Labute approximate surface area is 118 Å². The lowest BCUT2D eigenvalue weighted by Gasteiger charge is -2.45. The van der Waals surface area contributed by atoms with E-state index < -0.39 is 0 Å². The molecule has 0 spiro atoms. The Balaban J connectivity index is 2.10. The summed E-state index contributed by atoms with van der Waals surface area (Å²) in [5.41, 5.74) is 6.02. The van der Waals surface area contributed by atoms with Gasteiger partial charge in [-0.25, -0.2) is 0 Å². The lowest BCUT2D eigenvalue weighted by molar-refractivity contribution is -0.127. The molecule has 6 heteroatoms. The number of carbonyl (C=O) groups is 1. The lowest BCUT2D eigenvalue weighted by atomic mass is 9.61. The fourth-order valence-electron chi connectivity index (χ4n) is 2.86. The number of nitrogens with zero attached hydrogens (tertiary/aromatic N) is 2. The first-order chi connectivity index (χ1) is 8.82. The molecule has 5 nitrogen and oxygen atoms in total. The van der Waals surface area contributed by atoms with Crippen molar-refractivity contribution >= 4 is 22.4 Å². The van der Waals surface area contributed by atoms with Gasteiger partial charge in [0.25, 0.3) is 0 Å². The van der Waals surface area contributed by atoms with Crippen LogP contribution in [0.2, 0.25) is 0 Å². The van der Waals surface area contributed by atoms with Gasteiger partial charge in [0.05, 0.1) is 0 Å². The smallest absolute Gasteiger partial charge is 0.229 e. The van der Waals surface area contributed by atoms with Crippen molar-refractivity contribution in [2.75, 3.05) is 5.32 Å². The zero-order valence-corrected chi connectivity index (χ0v) is 12.8. The normalized spacial score (nSPS) is 30.1. The van der Waals surface area contributed by atoms with Gasteiger partial charge in [-0.3, -0.25) is 4.79 Å². The highest BCUT2D eigenvalue weighted by Crippen LogP contribution is 2.44. The Morgan fingerprint density at radius 2 is 2.11 bits per heavy atom. The van der Waals surface area contributed by atoms with Crippen molar-refractivity contribution in [2.24, 2.45) is 23.0 Å². The summed E-state index contributed by atoms with van der Waals surface area (Å²) in [7, 11) is 0. The average molecular weight is 282 g/mol. The SMILES string of the molecule is Cc1nnc(NC(=O)C2CCC(N)C(C)C2(C)C)s1. The molecule has 1 aromatic heterocycles. The maximum Gasteiger partial charge on any atom is 0.229 e. The maximum absolute atomic E-state index is 12.4.